The summed E-state index contributed by atoms with van der Waals surface area (Å²) in [5.74, 6) is 0. The molecule has 15 heavy (non-hydrogen) atoms. The molecule has 2 aromatic rings. The van der Waals surface area contributed by atoms with Crippen molar-refractivity contribution in [3.8, 4) is 11.1 Å². The Hall–Kier alpha value is -0.526. The number of hydrogen-bond donors (Lipinski definition) is 0. The Morgan fingerprint density at radius 2 is 1.93 bits per heavy atom. The summed E-state index contributed by atoms with van der Waals surface area (Å²) in [5, 5.41) is 0. The molecule has 0 aliphatic rings. The van der Waals surface area contributed by atoms with Crippen LogP contribution in [0.25, 0.3) is 11.1 Å². The second-order valence-corrected chi connectivity index (χ2v) is 2.85. The molecule has 1 aromatic heterocycles. The molecular formula is C13H12NY. The quantitative estimate of drug-likeness (QED) is 0.726. The maximum absolute atomic E-state index is 4.10. The van der Waals surface area contributed by atoms with E-state index in [1.807, 2.05) is 37.3 Å². The molecule has 0 amide bonds. The summed E-state index contributed by atoms with van der Waals surface area (Å²) < 4.78 is 0. The Balaban J connectivity index is 0.000000980. The first-order valence-electron chi connectivity index (χ1n) is 4.18. The van der Waals surface area contributed by atoms with E-state index in [0.29, 0.717) is 0 Å². The fraction of sp³-hybridized carbons (Fsp3) is 0.0769. The van der Waals surface area contributed by atoms with Gasteiger partial charge in [-0.3, -0.25) is 16.1 Å². The number of benzene rings is 1. The van der Waals surface area contributed by atoms with Crippen LogP contribution in [-0.4, -0.2) is 4.98 Å². The van der Waals surface area contributed by atoms with Gasteiger partial charge < -0.3 is 7.43 Å². The summed E-state index contributed by atoms with van der Waals surface area (Å²) in [5.41, 5.74) is 3.02. The fourth-order valence-corrected chi connectivity index (χ4v) is 1.21. The first-order chi connectivity index (χ1) is 6.36. The Kier molecular flexibility index (Phi) is 6.63. The summed E-state index contributed by atoms with van der Waals surface area (Å²) in [6.07, 6.45) is 1.79. The largest absolute Gasteiger partial charge is 3.00 e. The molecule has 0 atom stereocenters. The molecule has 0 unspecified atom stereocenters. The molecule has 0 saturated carbocycles. The van der Waals surface area contributed by atoms with Gasteiger partial charge in [0.2, 0.25) is 0 Å². The summed E-state index contributed by atoms with van der Waals surface area (Å²) in [6.45, 7) is 1.94. The van der Waals surface area contributed by atoms with E-state index >= 15 is 0 Å². The van der Waals surface area contributed by atoms with Crippen molar-refractivity contribution in [3.05, 3.63) is 61.8 Å². The van der Waals surface area contributed by atoms with Crippen molar-refractivity contribution in [2.24, 2.45) is 0 Å². The topological polar surface area (TPSA) is 12.9 Å². The van der Waals surface area contributed by atoms with Gasteiger partial charge in [-0.1, -0.05) is 0 Å². The van der Waals surface area contributed by atoms with Crippen molar-refractivity contribution in [1.29, 1.82) is 0 Å². The summed E-state index contributed by atoms with van der Waals surface area (Å²) >= 11 is 0. The van der Waals surface area contributed by atoms with E-state index < -0.39 is 0 Å². The van der Waals surface area contributed by atoms with Crippen LogP contribution in [0.1, 0.15) is 5.69 Å². The Bertz CT molecular complexity index is 398. The van der Waals surface area contributed by atoms with Crippen LogP contribution < -0.4 is 0 Å². The number of nitrogens with zero attached hydrogens (tertiary/aromatic N) is 1. The molecule has 0 radical (unpaired) electrons. The van der Waals surface area contributed by atoms with Gasteiger partial charge in [0.25, 0.3) is 0 Å². The zero-order valence-electron chi connectivity index (χ0n) is 8.99. The first-order valence-corrected chi connectivity index (χ1v) is 4.18. The molecule has 0 spiro atoms. The van der Waals surface area contributed by atoms with E-state index in [0.717, 1.165) is 16.8 Å². The molecule has 1 aromatic carbocycles. The number of aryl methyl sites for hydroxylation is 1. The SMILES string of the molecule is Cc1[c-]c(-c2[c-]cccc2)ccn1.[CH3-].[Y+3]. The van der Waals surface area contributed by atoms with E-state index in [4.69, 9.17) is 0 Å². The van der Waals surface area contributed by atoms with Gasteiger partial charge in [0, 0.05) is 0 Å². The molecular weight excluding hydrogens is 259 g/mol. The van der Waals surface area contributed by atoms with Gasteiger partial charge in [0.1, 0.15) is 0 Å². The molecule has 1 nitrogen and oxygen atoms in total. The van der Waals surface area contributed by atoms with Gasteiger partial charge in [0.05, 0.1) is 0 Å². The van der Waals surface area contributed by atoms with Crippen LogP contribution in [0.5, 0.6) is 0 Å². The van der Waals surface area contributed by atoms with Gasteiger partial charge in [-0.05, 0) is 18.8 Å². The second kappa shape index (κ2) is 6.87. The van der Waals surface area contributed by atoms with Crippen LogP contribution >= 0.6 is 0 Å². The number of hydrogen-bond acceptors (Lipinski definition) is 1. The zero-order chi connectivity index (χ0) is 9.10. The molecule has 0 fully saturated rings. The predicted octanol–water partition coefficient (Wildman–Crippen LogP) is 3.11. The molecule has 0 bridgehead atoms. The van der Waals surface area contributed by atoms with E-state index in [1.54, 1.807) is 6.20 Å². The second-order valence-electron chi connectivity index (χ2n) is 2.85. The third kappa shape index (κ3) is 3.85. The molecule has 0 N–H and O–H groups in total. The summed E-state index contributed by atoms with van der Waals surface area (Å²) in [4.78, 5) is 4.10. The molecule has 2 rings (SSSR count). The van der Waals surface area contributed by atoms with Crippen LogP contribution in [0, 0.1) is 26.5 Å². The average molecular weight is 271 g/mol. The molecule has 0 aliphatic carbocycles. The van der Waals surface area contributed by atoms with Crippen LogP contribution in [-0.2, 0) is 32.7 Å². The van der Waals surface area contributed by atoms with Gasteiger partial charge in [-0.15, -0.1) is 6.07 Å². The number of aromatic nitrogens is 1. The minimum atomic E-state index is 0. The van der Waals surface area contributed by atoms with Gasteiger partial charge in [0.15, 0.2) is 0 Å². The predicted molar refractivity (Wildman–Crippen MR) is 58.5 cm³/mol. The summed E-state index contributed by atoms with van der Waals surface area (Å²) in [7, 11) is 0. The monoisotopic (exact) mass is 271 g/mol. The van der Waals surface area contributed by atoms with E-state index in [1.165, 1.54) is 0 Å². The standard InChI is InChI=1S/C12H9N.CH3.Y/c1-10-9-12(7-8-13-10)11-5-3-2-4-6-11;;/h2-5,7-8H,1H3;1H3;/q-2;-1;+3. The maximum Gasteiger partial charge on any atom is 3.00 e. The van der Waals surface area contributed by atoms with Gasteiger partial charge in [-0.25, -0.2) is 18.2 Å². The van der Waals surface area contributed by atoms with Crippen LogP contribution in [0.15, 0.2) is 36.5 Å². The molecule has 0 aliphatic heterocycles. The Morgan fingerprint density at radius 1 is 1.13 bits per heavy atom. The van der Waals surface area contributed by atoms with Crippen molar-refractivity contribution in [2.45, 2.75) is 6.92 Å². The van der Waals surface area contributed by atoms with Crippen molar-refractivity contribution >= 4 is 0 Å². The van der Waals surface area contributed by atoms with Crippen molar-refractivity contribution < 1.29 is 32.7 Å². The first kappa shape index (κ1) is 14.5. The molecule has 2 heteroatoms. The van der Waals surface area contributed by atoms with Crippen molar-refractivity contribution in [2.75, 3.05) is 0 Å². The Morgan fingerprint density at radius 3 is 2.53 bits per heavy atom. The number of rotatable bonds is 1. The normalized spacial score (nSPS) is 8.60. The smallest absolute Gasteiger partial charge is 0.358 e. The molecule has 72 valence electrons. The van der Waals surface area contributed by atoms with Crippen molar-refractivity contribution in [3.63, 3.8) is 0 Å². The molecule has 0 saturated heterocycles. The van der Waals surface area contributed by atoms with Gasteiger partial charge >= 0.3 is 32.7 Å². The van der Waals surface area contributed by atoms with Crippen molar-refractivity contribution in [1.82, 2.24) is 4.98 Å². The zero-order valence-corrected chi connectivity index (χ0v) is 11.8. The third-order valence-corrected chi connectivity index (χ3v) is 1.82. The van der Waals surface area contributed by atoms with Crippen LogP contribution in [0.2, 0.25) is 0 Å². The third-order valence-electron chi connectivity index (χ3n) is 1.82. The summed E-state index contributed by atoms with van der Waals surface area (Å²) in [6, 6.07) is 16.1. The number of pyridine rings is 1. The van der Waals surface area contributed by atoms with E-state index in [2.05, 4.69) is 17.1 Å². The van der Waals surface area contributed by atoms with Crippen LogP contribution in [0.3, 0.4) is 0 Å². The van der Waals surface area contributed by atoms with Gasteiger partial charge in [-0.2, -0.15) is 18.2 Å². The van der Waals surface area contributed by atoms with Crippen LogP contribution in [0.4, 0.5) is 0 Å². The molecule has 1 heterocycles. The average Bonchev–Trinajstić information content (AvgIpc) is 2.19. The van der Waals surface area contributed by atoms with E-state index in [9.17, 15) is 0 Å². The Labute approximate surface area is 117 Å². The van der Waals surface area contributed by atoms with E-state index in [-0.39, 0.29) is 40.1 Å². The maximum atomic E-state index is 4.10. The minimum absolute atomic E-state index is 0. The minimum Gasteiger partial charge on any atom is -0.358 e. The fourth-order valence-electron chi connectivity index (χ4n) is 1.21.